The molecule has 0 spiro atoms. The lowest BCUT2D eigenvalue weighted by atomic mass is 10.0. The first-order valence-electron chi connectivity index (χ1n) is 10.0. The second-order valence-electron chi connectivity index (χ2n) is 7.03. The average molecular weight is 412 g/mol. The third-order valence-electron chi connectivity index (χ3n) is 4.86. The van der Waals surface area contributed by atoms with Crippen LogP contribution in [0.1, 0.15) is 39.8 Å². The zero-order chi connectivity index (χ0) is 21.8. The molecule has 0 amide bonds. The fraction of sp³-hybridized carbons (Fsp3) is 0.120. The first-order valence-corrected chi connectivity index (χ1v) is 10.0. The van der Waals surface area contributed by atoms with Gasteiger partial charge < -0.3 is 4.74 Å². The van der Waals surface area contributed by atoms with Crippen LogP contribution in [0.3, 0.4) is 0 Å². The summed E-state index contributed by atoms with van der Waals surface area (Å²) in [6.07, 6.45) is 0.705. The van der Waals surface area contributed by atoms with Crippen LogP contribution in [0.25, 0.3) is 10.8 Å². The second kappa shape index (κ2) is 8.75. The lowest BCUT2D eigenvalue weighted by Gasteiger charge is -2.10. The van der Waals surface area contributed by atoms with Crippen LogP contribution < -0.4 is 10.3 Å². The molecule has 0 atom stereocenters. The van der Waals surface area contributed by atoms with Gasteiger partial charge in [0.05, 0.1) is 5.39 Å². The number of hydrogen-bond acceptors (Lipinski definition) is 5. The van der Waals surface area contributed by atoms with Crippen molar-refractivity contribution in [2.24, 2.45) is 0 Å². The van der Waals surface area contributed by atoms with Crippen molar-refractivity contribution < 1.29 is 14.3 Å². The Hall–Kier alpha value is -4.06. The van der Waals surface area contributed by atoms with Gasteiger partial charge in [0.25, 0.3) is 5.56 Å². The average Bonchev–Trinajstić information content (AvgIpc) is 2.81. The summed E-state index contributed by atoms with van der Waals surface area (Å²) in [5.41, 5.74) is 0.915. The number of esters is 1. The highest BCUT2D eigenvalue weighted by atomic mass is 16.5. The number of nitrogens with zero attached hydrogens (tertiary/aromatic N) is 2. The number of fused-ring (bicyclic) bond motifs is 1. The largest absolute Gasteiger partial charge is 0.422 e. The monoisotopic (exact) mass is 412 g/mol. The molecule has 0 unspecified atom stereocenters. The molecule has 31 heavy (non-hydrogen) atoms. The van der Waals surface area contributed by atoms with Crippen molar-refractivity contribution in [3.63, 3.8) is 0 Å². The molecule has 0 aliphatic carbocycles. The van der Waals surface area contributed by atoms with Crippen LogP contribution in [-0.4, -0.2) is 21.5 Å². The Kier molecular flexibility index (Phi) is 5.71. The van der Waals surface area contributed by atoms with Crippen molar-refractivity contribution >= 4 is 22.5 Å². The summed E-state index contributed by atoms with van der Waals surface area (Å²) >= 11 is 0. The number of benzene rings is 3. The van der Waals surface area contributed by atoms with Crippen molar-refractivity contribution in [2.75, 3.05) is 0 Å². The zero-order valence-corrected chi connectivity index (χ0v) is 16.9. The Morgan fingerprint density at radius 2 is 1.45 bits per heavy atom. The lowest BCUT2D eigenvalue weighted by Crippen LogP contribution is -2.27. The first-order chi connectivity index (χ1) is 15.1. The molecular formula is C25H20N2O4. The highest BCUT2D eigenvalue weighted by molar-refractivity contribution is 6.09. The van der Waals surface area contributed by atoms with Crippen molar-refractivity contribution in [1.29, 1.82) is 0 Å². The zero-order valence-electron chi connectivity index (χ0n) is 16.9. The van der Waals surface area contributed by atoms with Gasteiger partial charge in [-0.15, -0.1) is 0 Å². The first kappa shape index (κ1) is 20.2. The fourth-order valence-corrected chi connectivity index (χ4v) is 3.34. The van der Waals surface area contributed by atoms with Crippen LogP contribution in [0, 0.1) is 0 Å². The molecule has 0 radical (unpaired) electrons. The Morgan fingerprint density at radius 1 is 0.839 bits per heavy atom. The molecule has 0 aliphatic heterocycles. The fourth-order valence-electron chi connectivity index (χ4n) is 3.34. The van der Waals surface area contributed by atoms with E-state index in [0.29, 0.717) is 34.9 Å². The quantitative estimate of drug-likeness (QED) is 0.269. The number of carbonyl (C=O) groups is 2. The molecule has 154 valence electrons. The van der Waals surface area contributed by atoms with Crippen LogP contribution in [0.15, 0.2) is 83.7 Å². The molecule has 1 heterocycles. The topological polar surface area (TPSA) is 78.3 Å². The van der Waals surface area contributed by atoms with Gasteiger partial charge in [-0.1, -0.05) is 55.5 Å². The highest BCUT2D eigenvalue weighted by Crippen LogP contribution is 2.19. The summed E-state index contributed by atoms with van der Waals surface area (Å²) in [6, 6.07) is 22.2. The van der Waals surface area contributed by atoms with Crippen LogP contribution in [-0.2, 0) is 6.54 Å². The van der Waals surface area contributed by atoms with Gasteiger partial charge in [-0.2, -0.15) is 5.10 Å². The Morgan fingerprint density at radius 3 is 2.13 bits per heavy atom. The van der Waals surface area contributed by atoms with Gasteiger partial charge in [0.15, 0.2) is 11.5 Å². The molecule has 0 saturated carbocycles. The Labute approximate surface area is 178 Å². The van der Waals surface area contributed by atoms with Gasteiger partial charge in [-0.25, -0.2) is 9.48 Å². The second-order valence-corrected chi connectivity index (χ2v) is 7.03. The summed E-state index contributed by atoms with van der Waals surface area (Å²) in [6.45, 7) is 2.33. The van der Waals surface area contributed by atoms with E-state index in [1.165, 1.54) is 4.68 Å². The number of carbonyl (C=O) groups excluding carboxylic acids is 2. The van der Waals surface area contributed by atoms with Crippen LogP contribution in [0.5, 0.6) is 5.75 Å². The van der Waals surface area contributed by atoms with Crippen LogP contribution in [0.4, 0.5) is 0 Å². The van der Waals surface area contributed by atoms with Gasteiger partial charge >= 0.3 is 5.97 Å². The normalized spacial score (nSPS) is 10.7. The molecule has 0 bridgehead atoms. The van der Waals surface area contributed by atoms with Gasteiger partial charge in [0.2, 0.25) is 0 Å². The van der Waals surface area contributed by atoms with Crippen molar-refractivity contribution in [1.82, 2.24) is 9.78 Å². The van der Waals surface area contributed by atoms with Crippen molar-refractivity contribution in [3.8, 4) is 5.75 Å². The van der Waals surface area contributed by atoms with Crippen LogP contribution >= 0.6 is 0 Å². The van der Waals surface area contributed by atoms with Gasteiger partial charge in [-0.3, -0.25) is 9.59 Å². The molecular weight excluding hydrogens is 392 g/mol. The van der Waals surface area contributed by atoms with Gasteiger partial charge in [-0.05, 0) is 36.8 Å². The molecule has 0 aliphatic rings. The molecule has 0 fully saturated rings. The number of rotatable bonds is 6. The van der Waals surface area contributed by atoms with Gasteiger partial charge in [0, 0.05) is 23.1 Å². The molecule has 3 aromatic carbocycles. The Balaban J connectivity index is 1.61. The molecule has 6 nitrogen and oxygen atoms in total. The number of hydrogen-bond donors (Lipinski definition) is 0. The van der Waals surface area contributed by atoms with E-state index in [9.17, 15) is 14.4 Å². The summed E-state index contributed by atoms with van der Waals surface area (Å²) in [4.78, 5) is 38.0. The Bertz CT molecular complexity index is 1310. The smallest absolute Gasteiger partial charge is 0.364 e. The molecule has 0 saturated heterocycles. The highest BCUT2D eigenvalue weighted by Gasteiger charge is 2.19. The van der Waals surface area contributed by atoms with E-state index in [1.54, 1.807) is 72.8 Å². The van der Waals surface area contributed by atoms with E-state index in [2.05, 4.69) is 5.10 Å². The molecule has 0 N–H and O–H groups in total. The number of ketones is 1. The van der Waals surface area contributed by atoms with E-state index < -0.39 is 5.97 Å². The van der Waals surface area contributed by atoms with E-state index in [1.807, 2.05) is 13.0 Å². The minimum atomic E-state index is -0.664. The van der Waals surface area contributed by atoms with E-state index >= 15 is 0 Å². The predicted octanol–water partition coefficient (Wildman–Crippen LogP) is 4.26. The predicted molar refractivity (Wildman–Crippen MR) is 118 cm³/mol. The number of aromatic nitrogens is 2. The summed E-state index contributed by atoms with van der Waals surface area (Å²) in [5.74, 6) is -0.491. The maximum atomic E-state index is 12.9. The van der Waals surface area contributed by atoms with E-state index in [-0.39, 0.29) is 22.8 Å². The molecule has 6 heteroatoms. The maximum Gasteiger partial charge on any atom is 0.364 e. The van der Waals surface area contributed by atoms with Crippen molar-refractivity contribution in [2.45, 2.75) is 19.9 Å². The third kappa shape index (κ3) is 4.14. The maximum absolute atomic E-state index is 12.9. The number of aryl methyl sites for hydroxylation is 1. The standard InChI is InChI=1S/C25H20N2O4/c1-2-16-27-24(29)21-11-7-6-10-20(21)22(26-27)25(30)31-19-14-12-18(13-15-19)23(28)17-8-4-3-5-9-17/h3-15H,2,16H2,1H3. The summed E-state index contributed by atoms with van der Waals surface area (Å²) < 4.78 is 6.79. The van der Waals surface area contributed by atoms with Gasteiger partial charge in [0.1, 0.15) is 5.75 Å². The number of ether oxygens (including phenoxy) is 1. The van der Waals surface area contributed by atoms with Crippen molar-refractivity contribution in [3.05, 3.63) is 106 Å². The lowest BCUT2D eigenvalue weighted by molar-refractivity contribution is 0.0728. The van der Waals surface area contributed by atoms with E-state index in [0.717, 1.165) is 0 Å². The molecule has 4 aromatic rings. The summed E-state index contributed by atoms with van der Waals surface area (Å²) in [7, 11) is 0. The third-order valence-corrected chi connectivity index (χ3v) is 4.86. The molecule has 1 aromatic heterocycles. The summed E-state index contributed by atoms with van der Waals surface area (Å²) in [5, 5.41) is 5.11. The molecule has 4 rings (SSSR count). The minimum Gasteiger partial charge on any atom is -0.422 e. The SMILES string of the molecule is CCCn1nc(C(=O)Oc2ccc(C(=O)c3ccccc3)cc2)c2ccccc2c1=O. The minimum absolute atomic E-state index is 0.0769. The van der Waals surface area contributed by atoms with Crippen LogP contribution in [0.2, 0.25) is 0 Å². The van der Waals surface area contributed by atoms with E-state index in [4.69, 9.17) is 4.74 Å².